The third kappa shape index (κ3) is 5.04. The number of furan rings is 1. The number of benzene rings is 1. The molecule has 0 bridgehead atoms. The molecule has 9 nitrogen and oxygen atoms in total. The Hall–Kier alpha value is -3.34. The lowest BCUT2D eigenvalue weighted by molar-refractivity contribution is -0.384. The zero-order chi connectivity index (χ0) is 24.2. The molecule has 2 aromatic heterocycles. The van der Waals surface area contributed by atoms with Crippen LogP contribution < -0.4 is 5.32 Å². The third-order valence-electron chi connectivity index (χ3n) is 6.46. The molecule has 35 heavy (non-hydrogen) atoms. The number of morpholine rings is 1. The Kier molecular flexibility index (Phi) is 7.03. The molecule has 2 aliphatic rings. The molecule has 0 radical (unpaired) electrons. The lowest BCUT2D eigenvalue weighted by atomic mass is 10.0. The highest BCUT2D eigenvalue weighted by atomic mass is 32.1. The van der Waals surface area contributed by atoms with Gasteiger partial charge in [0.2, 0.25) is 0 Å². The second-order valence-electron chi connectivity index (χ2n) is 8.60. The number of para-hydroxylation sites is 1. The molecule has 1 N–H and O–H groups in total. The van der Waals surface area contributed by atoms with E-state index in [0.717, 1.165) is 51.5 Å². The summed E-state index contributed by atoms with van der Waals surface area (Å²) in [6.45, 7) is 5.14. The molecule has 0 saturated carbocycles. The van der Waals surface area contributed by atoms with Crippen molar-refractivity contribution in [2.24, 2.45) is 0 Å². The van der Waals surface area contributed by atoms with Gasteiger partial charge in [-0.2, -0.15) is 0 Å². The minimum absolute atomic E-state index is 0.0112. The van der Waals surface area contributed by atoms with Crippen LogP contribution in [-0.2, 0) is 4.74 Å². The van der Waals surface area contributed by atoms with Crippen LogP contribution in [-0.4, -0.2) is 64.2 Å². The van der Waals surface area contributed by atoms with Crippen molar-refractivity contribution in [3.05, 3.63) is 82.4 Å². The van der Waals surface area contributed by atoms with Crippen LogP contribution in [0.4, 0.5) is 5.69 Å². The van der Waals surface area contributed by atoms with E-state index in [2.05, 4.69) is 20.1 Å². The fraction of sp³-hybridized carbons (Fsp3) is 0.360. The van der Waals surface area contributed by atoms with Crippen molar-refractivity contribution in [1.29, 1.82) is 0 Å². The number of nitro benzene ring substituents is 1. The molecule has 2 fully saturated rings. The van der Waals surface area contributed by atoms with Crippen LogP contribution in [0.3, 0.4) is 0 Å². The largest absolute Gasteiger partial charge is 0.459 e. The molecular weight excluding hydrogens is 466 g/mol. The fourth-order valence-electron chi connectivity index (χ4n) is 4.74. The van der Waals surface area contributed by atoms with Crippen molar-refractivity contribution < 1.29 is 14.1 Å². The normalized spacial score (nSPS) is 20.7. The summed E-state index contributed by atoms with van der Waals surface area (Å²) in [7, 11) is 0. The van der Waals surface area contributed by atoms with E-state index in [1.165, 1.54) is 6.07 Å². The summed E-state index contributed by atoms with van der Waals surface area (Å²) in [4.78, 5) is 20.3. The SMILES string of the molecule is O=[N+]([O-])c1ccccc1-c1ccc([C@@H]2[C@@H](c3ccccn3)NC(=S)N2CCCN2CCOCC2)o1. The topological polar surface area (TPSA) is 96.9 Å². The maximum absolute atomic E-state index is 11.5. The number of aromatic nitrogens is 1. The first-order valence-corrected chi connectivity index (χ1v) is 12.1. The molecule has 4 heterocycles. The average Bonchev–Trinajstić information content (AvgIpc) is 3.50. The van der Waals surface area contributed by atoms with Gasteiger partial charge in [-0.15, -0.1) is 0 Å². The summed E-state index contributed by atoms with van der Waals surface area (Å²) in [5.41, 5.74) is 1.32. The van der Waals surface area contributed by atoms with Crippen LogP contribution in [0.2, 0.25) is 0 Å². The molecule has 2 atom stereocenters. The van der Waals surface area contributed by atoms with E-state index >= 15 is 0 Å². The van der Waals surface area contributed by atoms with Gasteiger partial charge in [-0.05, 0) is 49.0 Å². The minimum atomic E-state index is -0.390. The Balaban J connectivity index is 1.42. The van der Waals surface area contributed by atoms with E-state index in [1.807, 2.05) is 24.3 Å². The predicted octanol–water partition coefficient (Wildman–Crippen LogP) is 3.94. The van der Waals surface area contributed by atoms with Gasteiger partial charge in [-0.25, -0.2) is 0 Å². The Morgan fingerprint density at radius 3 is 2.66 bits per heavy atom. The number of nitrogens with zero attached hydrogens (tertiary/aromatic N) is 4. The van der Waals surface area contributed by atoms with Crippen molar-refractivity contribution in [2.75, 3.05) is 39.4 Å². The maximum Gasteiger partial charge on any atom is 0.280 e. The molecule has 5 rings (SSSR count). The number of nitrogens with one attached hydrogen (secondary N) is 1. The van der Waals surface area contributed by atoms with Crippen LogP contribution in [0, 0.1) is 10.1 Å². The van der Waals surface area contributed by atoms with Crippen molar-refractivity contribution in [3.63, 3.8) is 0 Å². The number of hydrogen-bond acceptors (Lipinski definition) is 7. The number of thiocarbonyl (C=S) groups is 1. The Morgan fingerprint density at radius 1 is 1.09 bits per heavy atom. The second-order valence-corrected chi connectivity index (χ2v) is 8.99. The first-order valence-electron chi connectivity index (χ1n) is 11.7. The van der Waals surface area contributed by atoms with Gasteiger partial charge in [0.1, 0.15) is 17.6 Å². The smallest absolute Gasteiger partial charge is 0.280 e. The van der Waals surface area contributed by atoms with E-state index in [0.29, 0.717) is 22.2 Å². The van der Waals surface area contributed by atoms with Crippen molar-refractivity contribution in [1.82, 2.24) is 20.1 Å². The minimum Gasteiger partial charge on any atom is -0.459 e. The number of nitro groups is 1. The van der Waals surface area contributed by atoms with Crippen LogP contribution in [0.25, 0.3) is 11.3 Å². The van der Waals surface area contributed by atoms with E-state index < -0.39 is 4.92 Å². The summed E-state index contributed by atoms with van der Waals surface area (Å²) in [6.07, 6.45) is 2.70. The molecular formula is C25H27N5O4S. The quantitative estimate of drug-likeness (QED) is 0.284. The number of ether oxygens (including phenoxy) is 1. The van der Waals surface area contributed by atoms with Gasteiger partial charge in [0.25, 0.3) is 5.69 Å². The van der Waals surface area contributed by atoms with E-state index in [-0.39, 0.29) is 17.8 Å². The lowest BCUT2D eigenvalue weighted by Gasteiger charge is -2.29. The lowest BCUT2D eigenvalue weighted by Crippen LogP contribution is -2.38. The zero-order valence-corrected chi connectivity index (χ0v) is 20.0. The number of hydrogen-bond donors (Lipinski definition) is 1. The van der Waals surface area contributed by atoms with Crippen molar-refractivity contribution in [3.8, 4) is 11.3 Å². The van der Waals surface area contributed by atoms with Gasteiger partial charge < -0.3 is 19.4 Å². The molecule has 0 spiro atoms. The van der Waals surface area contributed by atoms with Gasteiger partial charge in [-0.3, -0.25) is 20.0 Å². The van der Waals surface area contributed by atoms with Gasteiger partial charge >= 0.3 is 0 Å². The van der Waals surface area contributed by atoms with Crippen LogP contribution in [0.1, 0.15) is 30.0 Å². The van der Waals surface area contributed by atoms with Crippen LogP contribution in [0.5, 0.6) is 0 Å². The molecule has 3 aromatic rings. The highest BCUT2D eigenvalue weighted by Gasteiger charge is 2.41. The van der Waals surface area contributed by atoms with Crippen molar-refractivity contribution in [2.45, 2.75) is 18.5 Å². The second kappa shape index (κ2) is 10.5. The van der Waals surface area contributed by atoms with Crippen LogP contribution >= 0.6 is 12.2 Å². The Bertz CT molecular complexity index is 1180. The maximum atomic E-state index is 11.5. The Labute approximate surface area is 208 Å². The molecule has 182 valence electrons. The third-order valence-corrected chi connectivity index (χ3v) is 6.81. The number of rotatable bonds is 8. The first kappa shape index (κ1) is 23.4. The summed E-state index contributed by atoms with van der Waals surface area (Å²) < 4.78 is 11.7. The van der Waals surface area contributed by atoms with Crippen LogP contribution in [0.15, 0.2) is 65.2 Å². The molecule has 0 amide bonds. The molecule has 1 aromatic carbocycles. The molecule has 2 aliphatic heterocycles. The predicted molar refractivity (Wildman–Crippen MR) is 135 cm³/mol. The fourth-order valence-corrected chi connectivity index (χ4v) is 5.07. The van der Waals surface area contributed by atoms with Crippen molar-refractivity contribution >= 4 is 23.0 Å². The summed E-state index contributed by atoms with van der Waals surface area (Å²) in [6, 6.07) is 15.7. The molecule has 0 aliphatic carbocycles. The average molecular weight is 494 g/mol. The molecule has 2 saturated heterocycles. The van der Waals surface area contributed by atoms with Gasteiger partial charge in [-0.1, -0.05) is 18.2 Å². The molecule has 0 unspecified atom stereocenters. The van der Waals surface area contributed by atoms with Gasteiger partial charge in [0.15, 0.2) is 5.11 Å². The van der Waals surface area contributed by atoms with Gasteiger partial charge in [0.05, 0.1) is 35.4 Å². The number of pyridine rings is 1. The van der Waals surface area contributed by atoms with E-state index in [4.69, 9.17) is 21.4 Å². The highest BCUT2D eigenvalue weighted by molar-refractivity contribution is 7.80. The van der Waals surface area contributed by atoms with Gasteiger partial charge in [0, 0.05) is 38.4 Å². The molecule has 10 heteroatoms. The summed E-state index contributed by atoms with van der Waals surface area (Å²) in [5.74, 6) is 1.14. The first-order chi connectivity index (χ1) is 17.1. The van der Waals surface area contributed by atoms with E-state index in [9.17, 15) is 10.1 Å². The Morgan fingerprint density at radius 2 is 1.89 bits per heavy atom. The van der Waals surface area contributed by atoms with E-state index in [1.54, 1.807) is 30.5 Å². The highest BCUT2D eigenvalue weighted by Crippen LogP contribution is 2.41. The summed E-state index contributed by atoms with van der Waals surface area (Å²) in [5, 5.41) is 15.6. The summed E-state index contributed by atoms with van der Waals surface area (Å²) >= 11 is 5.74. The monoisotopic (exact) mass is 493 g/mol. The zero-order valence-electron chi connectivity index (χ0n) is 19.2. The standard InChI is InChI=1S/C25H27N5O4S/c31-30(32)20-8-2-1-6-18(20)21-9-10-22(34-21)24-23(19-7-3-4-11-26-19)27-25(35)29(24)13-5-12-28-14-16-33-17-15-28/h1-4,6-11,23-24H,5,12-17H2,(H,27,35)/t23-,24-/m1/s1.